The maximum atomic E-state index is 6.51. The van der Waals surface area contributed by atoms with Crippen molar-refractivity contribution in [3.8, 4) is 11.5 Å². The summed E-state index contributed by atoms with van der Waals surface area (Å²) in [4.78, 5) is 7.29. The van der Waals surface area contributed by atoms with Crippen molar-refractivity contribution < 1.29 is 4.74 Å². The van der Waals surface area contributed by atoms with Crippen molar-refractivity contribution in [1.29, 1.82) is 0 Å². The molecule has 266 valence electrons. The SMILES string of the molecule is CC1(C)c2ccccc2Oc2ccc(N(c3ccccc3)c3ccc4c(c3)N(c3ccccc3)c3cccc5c3B4c3ccccc3N5c3ccccc3)cc21. The first-order chi connectivity index (χ1) is 27.6. The zero-order valence-corrected chi connectivity index (χ0v) is 31.3. The van der Waals surface area contributed by atoms with Crippen LogP contribution in [0.3, 0.4) is 0 Å². The van der Waals surface area contributed by atoms with Crippen LogP contribution in [0.25, 0.3) is 0 Å². The Kier molecular flexibility index (Phi) is 7.27. The summed E-state index contributed by atoms with van der Waals surface area (Å²) in [6.07, 6.45) is 0. The smallest absolute Gasteiger partial charge is 0.252 e. The molecule has 0 unspecified atom stereocenters. The number of fused-ring (bicyclic) bond motifs is 6. The highest BCUT2D eigenvalue weighted by molar-refractivity contribution is 7.00. The molecular weight excluding hydrogens is 681 g/mol. The summed E-state index contributed by atoms with van der Waals surface area (Å²) in [6.45, 7) is 4.65. The molecule has 3 aliphatic heterocycles. The molecular formula is C51H38BN3O. The van der Waals surface area contributed by atoms with E-state index in [0.717, 1.165) is 39.9 Å². The fraction of sp³-hybridized carbons (Fsp3) is 0.0588. The third-order valence-corrected chi connectivity index (χ3v) is 11.9. The van der Waals surface area contributed by atoms with E-state index in [0.29, 0.717) is 0 Å². The summed E-state index contributed by atoms with van der Waals surface area (Å²) in [5.41, 5.74) is 16.3. The highest BCUT2D eigenvalue weighted by Gasteiger charge is 2.43. The second-order valence-corrected chi connectivity index (χ2v) is 15.4. The fourth-order valence-corrected chi connectivity index (χ4v) is 9.31. The van der Waals surface area contributed by atoms with Crippen molar-refractivity contribution in [1.82, 2.24) is 0 Å². The topological polar surface area (TPSA) is 19.0 Å². The van der Waals surface area contributed by atoms with Gasteiger partial charge in [-0.3, -0.25) is 0 Å². The van der Waals surface area contributed by atoms with Crippen molar-refractivity contribution in [2.45, 2.75) is 19.3 Å². The third kappa shape index (κ3) is 4.87. The first kappa shape index (κ1) is 32.5. The number of hydrogen-bond acceptors (Lipinski definition) is 4. The predicted molar refractivity (Wildman–Crippen MR) is 234 cm³/mol. The average molecular weight is 720 g/mol. The number of nitrogens with zero attached hydrogens (tertiary/aromatic N) is 3. The van der Waals surface area contributed by atoms with Crippen molar-refractivity contribution in [2.24, 2.45) is 0 Å². The van der Waals surface area contributed by atoms with Crippen LogP contribution in [0.5, 0.6) is 11.5 Å². The van der Waals surface area contributed by atoms with Gasteiger partial charge in [-0.05, 0) is 107 Å². The van der Waals surface area contributed by atoms with Crippen LogP contribution >= 0.6 is 0 Å². The molecule has 4 nitrogen and oxygen atoms in total. The van der Waals surface area contributed by atoms with E-state index in [9.17, 15) is 0 Å². The van der Waals surface area contributed by atoms with Crippen molar-refractivity contribution in [3.05, 3.63) is 205 Å². The van der Waals surface area contributed by atoms with E-state index in [-0.39, 0.29) is 12.1 Å². The van der Waals surface area contributed by atoms with Crippen molar-refractivity contribution in [2.75, 3.05) is 14.7 Å². The van der Waals surface area contributed by atoms with Crippen LogP contribution in [-0.2, 0) is 5.41 Å². The standard InChI is InChI=1S/C51H38BN3O/c1-51(2)40-23-12-15-28-48(40)56-49-32-30-38(33-41(49)51)53(35-17-6-3-7-18-35)39-29-31-43-47(34-39)55(37-21-10-5-11-22-37)46-27-16-26-45-50(46)52(43)42-24-13-14-25-44(42)54(45)36-19-8-4-9-20-36/h3-34H,1-2H3. The molecule has 56 heavy (non-hydrogen) atoms. The molecule has 8 aromatic carbocycles. The fourth-order valence-electron chi connectivity index (χ4n) is 9.31. The number of benzene rings is 8. The Bertz CT molecular complexity index is 2790. The minimum atomic E-state index is -0.244. The molecule has 0 amide bonds. The molecule has 11 rings (SSSR count). The van der Waals surface area contributed by atoms with Crippen LogP contribution in [0.1, 0.15) is 25.0 Å². The number of hydrogen-bond donors (Lipinski definition) is 0. The van der Waals surface area contributed by atoms with Gasteiger partial charge < -0.3 is 19.4 Å². The van der Waals surface area contributed by atoms with Crippen LogP contribution in [0.15, 0.2) is 194 Å². The van der Waals surface area contributed by atoms with Gasteiger partial charge >= 0.3 is 0 Å². The molecule has 0 radical (unpaired) electrons. The molecule has 0 fully saturated rings. The number of ether oxygens (including phenoxy) is 1. The average Bonchev–Trinajstić information content (AvgIpc) is 3.25. The largest absolute Gasteiger partial charge is 0.457 e. The summed E-state index contributed by atoms with van der Waals surface area (Å²) in [5.74, 6) is 1.83. The predicted octanol–water partition coefficient (Wildman–Crippen LogP) is 11.7. The van der Waals surface area contributed by atoms with E-state index in [4.69, 9.17) is 4.74 Å². The summed E-state index contributed by atoms with van der Waals surface area (Å²) < 4.78 is 6.51. The molecule has 0 saturated heterocycles. The van der Waals surface area contributed by atoms with Gasteiger partial charge in [-0.2, -0.15) is 0 Å². The van der Waals surface area contributed by atoms with Gasteiger partial charge in [0, 0.05) is 67.7 Å². The van der Waals surface area contributed by atoms with E-state index in [1.165, 1.54) is 50.3 Å². The molecule has 0 aliphatic carbocycles. The lowest BCUT2D eigenvalue weighted by Gasteiger charge is -2.44. The second kappa shape index (κ2) is 12.5. The normalized spacial score (nSPS) is 14.1. The maximum absolute atomic E-state index is 6.51. The van der Waals surface area contributed by atoms with Gasteiger partial charge in [0.25, 0.3) is 6.71 Å². The first-order valence-corrected chi connectivity index (χ1v) is 19.4. The molecule has 3 aliphatic rings. The summed E-state index contributed by atoms with van der Waals surface area (Å²) in [7, 11) is 0. The lowest BCUT2D eigenvalue weighted by Crippen LogP contribution is -2.61. The molecule has 0 bridgehead atoms. The van der Waals surface area contributed by atoms with E-state index in [2.05, 4.69) is 217 Å². The zero-order chi connectivity index (χ0) is 37.4. The Morgan fingerprint density at radius 1 is 0.429 bits per heavy atom. The minimum Gasteiger partial charge on any atom is -0.457 e. The highest BCUT2D eigenvalue weighted by atomic mass is 16.5. The van der Waals surface area contributed by atoms with Crippen LogP contribution in [0.2, 0.25) is 0 Å². The molecule has 5 heteroatoms. The molecule has 0 saturated carbocycles. The van der Waals surface area contributed by atoms with Gasteiger partial charge in [0.05, 0.1) is 0 Å². The van der Waals surface area contributed by atoms with Gasteiger partial charge in [0.2, 0.25) is 0 Å². The molecule has 0 atom stereocenters. The van der Waals surface area contributed by atoms with E-state index < -0.39 is 0 Å². The van der Waals surface area contributed by atoms with Gasteiger partial charge in [0.1, 0.15) is 11.5 Å². The minimum absolute atomic E-state index is 0.0494. The summed E-state index contributed by atoms with van der Waals surface area (Å²) in [6, 6.07) is 70.2. The van der Waals surface area contributed by atoms with Gasteiger partial charge in [-0.15, -0.1) is 0 Å². The van der Waals surface area contributed by atoms with Crippen LogP contribution < -0.4 is 35.8 Å². The highest BCUT2D eigenvalue weighted by Crippen LogP contribution is 2.51. The number of para-hydroxylation sites is 5. The number of rotatable bonds is 5. The second-order valence-electron chi connectivity index (χ2n) is 15.4. The maximum Gasteiger partial charge on any atom is 0.252 e. The Morgan fingerprint density at radius 2 is 0.964 bits per heavy atom. The lowest BCUT2D eigenvalue weighted by molar-refractivity contribution is 0.418. The molecule has 0 aromatic heterocycles. The zero-order valence-electron chi connectivity index (χ0n) is 31.3. The molecule has 3 heterocycles. The summed E-state index contributed by atoms with van der Waals surface area (Å²) >= 11 is 0. The van der Waals surface area contributed by atoms with Gasteiger partial charge in [0.15, 0.2) is 0 Å². The Labute approximate surface area is 328 Å². The first-order valence-electron chi connectivity index (χ1n) is 19.4. The van der Waals surface area contributed by atoms with E-state index in [1.807, 2.05) is 6.07 Å². The quantitative estimate of drug-likeness (QED) is 0.165. The van der Waals surface area contributed by atoms with Crippen molar-refractivity contribution >= 4 is 74.3 Å². The van der Waals surface area contributed by atoms with Crippen LogP contribution in [0, 0.1) is 0 Å². The van der Waals surface area contributed by atoms with Gasteiger partial charge in [-0.1, -0.05) is 117 Å². The Balaban J connectivity index is 1.13. The van der Waals surface area contributed by atoms with Crippen LogP contribution in [0.4, 0.5) is 51.2 Å². The molecule has 0 N–H and O–H groups in total. The van der Waals surface area contributed by atoms with E-state index in [1.54, 1.807) is 0 Å². The Hall–Kier alpha value is -6.98. The third-order valence-electron chi connectivity index (χ3n) is 11.9. The monoisotopic (exact) mass is 719 g/mol. The molecule has 0 spiro atoms. The lowest BCUT2D eigenvalue weighted by atomic mass is 9.33. The van der Waals surface area contributed by atoms with Crippen molar-refractivity contribution in [3.63, 3.8) is 0 Å². The van der Waals surface area contributed by atoms with E-state index >= 15 is 0 Å². The van der Waals surface area contributed by atoms with Gasteiger partial charge in [-0.25, -0.2) is 0 Å². The number of anilines is 9. The summed E-state index contributed by atoms with van der Waals surface area (Å²) in [5, 5.41) is 0. The molecule has 8 aromatic rings. The van der Waals surface area contributed by atoms with Crippen LogP contribution in [-0.4, -0.2) is 6.71 Å². The Morgan fingerprint density at radius 3 is 1.70 bits per heavy atom.